The van der Waals surface area contributed by atoms with Crippen LogP contribution in [0.5, 0.6) is 5.75 Å². The number of nitrogens with zero attached hydrogens (tertiary/aromatic N) is 3. The Bertz CT molecular complexity index is 961. The molecule has 22 heavy (non-hydrogen) atoms. The van der Waals surface area contributed by atoms with Gasteiger partial charge >= 0.3 is 0 Å². The molecule has 0 unspecified atom stereocenters. The van der Waals surface area contributed by atoms with Crippen molar-refractivity contribution in [2.75, 3.05) is 6.61 Å². The first-order chi connectivity index (χ1) is 10.8. The topological polar surface area (TPSA) is 63.7 Å². The second-order valence-corrected chi connectivity index (χ2v) is 5.01. The van der Waals surface area contributed by atoms with Gasteiger partial charge in [-0.05, 0) is 31.2 Å². The maximum atomic E-state index is 5.54. The van der Waals surface area contributed by atoms with Crippen LogP contribution in [0.25, 0.3) is 33.2 Å². The summed E-state index contributed by atoms with van der Waals surface area (Å²) >= 11 is 0. The third-order valence-electron chi connectivity index (χ3n) is 3.54. The summed E-state index contributed by atoms with van der Waals surface area (Å²) in [5.41, 5.74) is 4.49. The Morgan fingerprint density at radius 1 is 1.09 bits per heavy atom. The van der Waals surface area contributed by atoms with Gasteiger partial charge in [0.1, 0.15) is 5.75 Å². The van der Waals surface area contributed by atoms with Gasteiger partial charge in [-0.25, -0.2) is 4.98 Å². The fraction of sp³-hybridized carbons (Fsp3) is 0.118. The molecule has 0 bridgehead atoms. The average Bonchev–Trinajstić information content (AvgIpc) is 3.00. The molecule has 2 aromatic carbocycles. The highest BCUT2D eigenvalue weighted by Gasteiger charge is 2.06. The predicted octanol–water partition coefficient (Wildman–Crippen LogP) is 3.57. The molecule has 0 fully saturated rings. The van der Waals surface area contributed by atoms with E-state index in [0.29, 0.717) is 6.61 Å². The van der Waals surface area contributed by atoms with Gasteiger partial charge in [-0.2, -0.15) is 5.10 Å². The third kappa shape index (κ3) is 2.16. The van der Waals surface area contributed by atoms with Gasteiger partial charge < -0.3 is 4.74 Å². The zero-order valence-electron chi connectivity index (χ0n) is 12.1. The second-order valence-electron chi connectivity index (χ2n) is 5.01. The molecule has 1 N–H and O–H groups in total. The van der Waals surface area contributed by atoms with Crippen molar-refractivity contribution in [3.8, 4) is 17.0 Å². The molecule has 0 amide bonds. The molecular formula is C17H14N4O. The van der Waals surface area contributed by atoms with Crippen LogP contribution in [0.3, 0.4) is 0 Å². The zero-order valence-corrected chi connectivity index (χ0v) is 12.1. The first kappa shape index (κ1) is 12.8. The van der Waals surface area contributed by atoms with E-state index in [2.05, 4.69) is 15.2 Å². The number of aromatic amines is 1. The summed E-state index contributed by atoms with van der Waals surface area (Å²) in [7, 11) is 0. The lowest BCUT2D eigenvalue weighted by molar-refractivity contribution is 0.340. The lowest BCUT2D eigenvalue weighted by Gasteiger charge is -2.06. The Morgan fingerprint density at radius 3 is 2.95 bits per heavy atom. The lowest BCUT2D eigenvalue weighted by atomic mass is 10.1. The molecule has 0 radical (unpaired) electrons. The van der Waals surface area contributed by atoms with Crippen LogP contribution in [0, 0.1) is 0 Å². The molecule has 2 aromatic heterocycles. The molecule has 4 rings (SSSR count). The van der Waals surface area contributed by atoms with Crippen molar-refractivity contribution in [3.05, 3.63) is 48.8 Å². The molecule has 2 heterocycles. The number of hydrogen-bond acceptors (Lipinski definition) is 4. The van der Waals surface area contributed by atoms with Gasteiger partial charge in [0.25, 0.3) is 0 Å². The van der Waals surface area contributed by atoms with Crippen molar-refractivity contribution in [1.29, 1.82) is 0 Å². The Hall–Kier alpha value is -2.95. The molecule has 0 saturated heterocycles. The van der Waals surface area contributed by atoms with Crippen LogP contribution in [0.4, 0.5) is 0 Å². The standard InChI is InChI=1S/C17H14N4O/c1-2-22-13-5-3-4-11(6-13)17-10-18-15-8-14-12(9-19-21-14)7-16(15)20-17/h3-10H,2H2,1H3,(H,19,21). The normalized spacial score (nSPS) is 11.1. The summed E-state index contributed by atoms with van der Waals surface area (Å²) in [4.78, 5) is 9.23. The number of ether oxygens (including phenoxy) is 1. The monoisotopic (exact) mass is 290 g/mol. The number of fused-ring (bicyclic) bond motifs is 2. The minimum atomic E-state index is 0.644. The molecule has 5 nitrogen and oxygen atoms in total. The molecule has 0 aliphatic carbocycles. The van der Waals surface area contributed by atoms with Crippen LogP contribution in [0.2, 0.25) is 0 Å². The average molecular weight is 290 g/mol. The van der Waals surface area contributed by atoms with Gasteiger partial charge in [0.05, 0.1) is 41.2 Å². The number of benzene rings is 2. The van der Waals surface area contributed by atoms with E-state index < -0.39 is 0 Å². The molecule has 0 saturated carbocycles. The summed E-state index contributed by atoms with van der Waals surface area (Å²) in [6.45, 7) is 2.62. The van der Waals surface area contributed by atoms with Crippen molar-refractivity contribution < 1.29 is 4.74 Å². The van der Waals surface area contributed by atoms with E-state index in [9.17, 15) is 0 Å². The van der Waals surface area contributed by atoms with Crippen molar-refractivity contribution in [1.82, 2.24) is 20.2 Å². The van der Waals surface area contributed by atoms with Crippen LogP contribution in [-0.2, 0) is 0 Å². The highest BCUT2D eigenvalue weighted by molar-refractivity contribution is 5.93. The molecule has 0 atom stereocenters. The predicted molar refractivity (Wildman–Crippen MR) is 85.8 cm³/mol. The van der Waals surface area contributed by atoms with Crippen molar-refractivity contribution in [2.24, 2.45) is 0 Å². The maximum Gasteiger partial charge on any atom is 0.119 e. The van der Waals surface area contributed by atoms with Crippen molar-refractivity contribution in [3.63, 3.8) is 0 Å². The van der Waals surface area contributed by atoms with E-state index in [0.717, 1.165) is 38.9 Å². The van der Waals surface area contributed by atoms with Crippen LogP contribution >= 0.6 is 0 Å². The molecule has 0 aliphatic heterocycles. The Balaban J connectivity index is 1.84. The fourth-order valence-corrected chi connectivity index (χ4v) is 2.50. The van der Waals surface area contributed by atoms with E-state index in [1.54, 1.807) is 12.4 Å². The van der Waals surface area contributed by atoms with E-state index >= 15 is 0 Å². The van der Waals surface area contributed by atoms with E-state index in [1.165, 1.54) is 0 Å². The minimum absolute atomic E-state index is 0.644. The van der Waals surface area contributed by atoms with Crippen molar-refractivity contribution in [2.45, 2.75) is 6.92 Å². The van der Waals surface area contributed by atoms with Gasteiger partial charge in [0.2, 0.25) is 0 Å². The minimum Gasteiger partial charge on any atom is -0.494 e. The summed E-state index contributed by atoms with van der Waals surface area (Å²) in [6, 6.07) is 11.9. The van der Waals surface area contributed by atoms with Gasteiger partial charge in [-0.3, -0.25) is 10.1 Å². The number of H-pyrrole nitrogens is 1. The third-order valence-corrected chi connectivity index (χ3v) is 3.54. The van der Waals surface area contributed by atoms with Crippen LogP contribution in [0.1, 0.15) is 6.92 Å². The molecule has 0 aliphatic rings. The highest BCUT2D eigenvalue weighted by Crippen LogP contribution is 2.25. The number of aromatic nitrogens is 4. The Morgan fingerprint density at radius 2 is 2.05 bits per heavy atom. The van der Waals surface area contributed by atoms with Crippen molar-refractivity contribution >= 4 is 21.9 Å². The SMILES string of the molecule is CCOc1cccc(-c2cnc3cc4[nH]ncc4cc3n2)c1. The lowest BCUT2D eigenvalue weighted by Crippen LogP contribution is -1.93. The highest BCUT2D eigenvalue weighted by atomic mass is 16.5. The number of hydrogen-bond donors (Lipinski definition) is 1. The summed E-state index contributed by atoms with van der Waals surface area (Å²) in [5, 5.41) is 8.01. The van der Waals surface area contributed by atoms with Gasteiger partial charge in [0, 0.05) is 10.9 Å². The molecule has 5 heteroatoms. The molecule has 4 aromatic rings. The number of rotatable bonds is 3. The van der Waals surface area contributed by atoms with Gasteiger partial charge in [-0.15, -0.1) is 0 Å². The van der Waals surface area contributed by atoms with Crippen LogP contribution in [0.15, 0.2) is 48.8 Å². The Labute approximate surface area is 127 Å². The molecular weight excluding hydrogens is 276 g/mol. The smallest absolute Gasteiger partial charge is 0.119 e. The van der Waals surface area contributed by atoms with Crippen LogP contribution in [-0.4, -0.2) is 26.8 Å². The molecule has 0 spiro atoms. The number of nitrogens with one attached hydrogen (secondary N) is 1. The first-order valence-corrected chi connectivity index (χ1v) is 7.16. The fourth-order valence-electron chi connectivity index (χ4n) is 2.50. The van der Waals surface area contributed by atoms with Gasteiger partial charge in [-0.1, -0.05) is 12.1 Å². The molecule has 108 valence electrons. The quantitative estimate of drug-likeness (QED) is 0.626. The summed E-state index contributed by atoms with van der Waals surface area (Å²) < 4.78 is 5.54. The van der Waals surface area contributed by atoms with E-state index in [4.69, 9.17) is 9.72 Å². The first-order valence-electron chi connectivity index (χ1n) is 7.16. The van der Waals surface area contributed by atoms with Gasteiger partial charge in [0.15, 0.2) is 0 Å². The summed E-state index contributed by atoms with van der Waals surface area (Å²) in [5.74, 6) is 0.840. The Kier molecular flexibility index (Phi) is 2.96. The van der Waals surface area contributed by atoms with E-state index in [-0.39, 0.29) is 0 Å². The maximum absolute atomic E-state index is 5.54. The summed E-state index contributed by atoms with van der Waals surface area (Å²) in [6.07, 6.45) is 3.58. The zero-order chi connectivity index (χ0) is 14.9. The van der Waals surface area contributed by atoms with E-state index in [1.807, 2.05) is 43.3 Å². The largest absolute Gasteiger partial charge is 0.494 e. The van der Waals surface area contributed by atoms with Crippen LogP contribution < -0.4 is 4.74 Å². The second kappa shape index (κ2) is 5.11.